The Morgan fingerprint density at radius 3 is 2.61 bits per heavy atom. The first kappa shape index (κ1) is 17.0. The summed E-state index contributed by atoms with van der Waals surface area (Å²) in [6.45, 7) is 2.66. The number of halogens is 3. The molecule has 1 aromatic heterocycles. The molecule has 0 unspecified atom stereocenters. The monoisotopic (exact) mass is 329 g/mol. The van der Waals surface area contributed by atoms with Crippen LogP contribution in [0.2, 0.25) is 0 Å². The quantitative estimate of drug-likeness (QED) is 0.556. The van der Waals surface area contributed by atoms with E-state index in [1.807, 2.05) is 11.9 Å². The highest BCUT2D eigenvalue weighted by atomic mass is 19.4. The first-order valence-corrected chi connectivity index (χ1v) is 6.86. The molecule has 2 heterocycles. The Morgan fingerprint density at radius 1 is 1.43 bits per heavy atom. The summed E-state index contributed by atoms with van der Waals surface area (Å²) in [5.74, 6) is 0.503. The molecule has 1 aliphatic rings. The van der Waals surface area contributed by atoms with Gasteiger partial charge in [0.2, 0.25) is 5.95 Å². The van der Waals surface area contributed by atoms with Gasteiger partial charge in [-0.15, -0.1) is 13.2 Å². The first-order chi connectivity index (χ1) is 10.7. The van der Waals surface area contributed by atoms with Gasteiger partial charge in [0.05, 0.1) is 11.4 Å². The van der Waals surface area contributed by atoms with E-state index in [4.69, 9.17) is 11.5 Å². The summed E-state index contributed by atoms with van der Waals surface area (Å²) in [6.07, 6.45) is -3.65. The zero-order valence-electron chi connectivity index (χ0n) is 12.7. The molecule has 0 radical (unpaired) electrons. The Hall–Kier alpha value is -2.36. The second-order valence-corrected chi connectivity index (χ2v) is 5.11. The highest BCUT2D eigenvalue weighted by Gasteiger charge is 2.29. The fraction of sp³-hybridized carbons (Fsp3) is 0.462. The summed E-state index contributed by atoms with van der Waals surface area (Å²) in [5.41, 5.74) is 11.1. The molecule has 126 valence electrons. The van der Waals surface area contributed by atoms with Crippen LogP contribution in [0.1, 0.15) is 12.6 Å². The van der Waals surface area contributed by atoms with Crippen LogP contribution >= 0.6 is 0 Å². The van der Waals surface area contributed by atoms with Crippen molar-refractivity contribution in [3.8, 4) is 0 Å². The van der Waals surface area contributed by atoms with Gasteiger partial charge in [-0.25, -0.2) is 4.98 Å². The van der Waals surface area contributed by atoms with E-state index in [-0.39, 0.29) is 22.9 Å². The molecule has 0 amide bonds. The number of allylic oxidation sites excluding steroid dienone is 1. The zero-order valence-corrected chi connectivity index (χ0v) is 12.7. The molecule has 0 atom stereocenters. The maximum absolute atomic E-state index is 12.4. The predicted molar refractivity (Wildman–Crippen MR) is 82.8 cm³/mol. The molecule has 0 spiro atoms. The first-order valence-electron chi connectivity index (χ1n) is 6.86. The standard InChI is InChI=1S/C13H18F3N7/c1-7(22-13(14,15)16)9(4-17)10-3-11(21-12(18)20-10)23-5-8(6-23)19-2/h3-4,8,19H,5-6,17H2,1-2H3,(H2,18,20,21). The van der Waals surface area contributed by atoms with Gasteiger partial charge in [-0.1, -0.05) is 0 Å². The minimum absolute atomic E-state index is 0.0374. The number of alkyl halides is 3. The van der Waals surface area contributed by atoms with E-state index in [9.17, 15) is 13.2 Å². The molecule has 2 rings (SSSR count). The van der Waals surface area contributed by atoms with Gasteiger partial charge >= 0.3 is 6.30 Å². The van der Waals surface area contributed by atoms with Crippen molar-refractivity contribution in [2.24, 2.45) is 10.7 Å². The Balaban J connectivity index is 2.31. The second-order valence-electron chi connectivity index (χ2n) is 5.11. The number of aliphatic imine (C=N–C) groups is 1. The number of nitrogens with one attached hydrogen (secondary N) is 1. The Morgan fingerprint density at radius 2 is 2.09 bits per heavy atom. The third-order valence-corrected chi connectivity index (χ3v) is 3.47. The van der Waals surface area contributed by atoms with Crippen LogP contribution in [0.15, 0.2) is 17.3 Å². The third kappa shape index (κ3) is 4.09. The van der Waals surface area contributed by atoms with Crippen LogP contribution in [-0.2, 0) is 0 Å². The van der Waals surface area contributed by atoms with Gasteiger partial charge in [-0.3, -0.25) is 0 Å². The zero-order chi connectivity index (χ0) is 17.2. The number of anilines is 2. The number of hydrogen-bond donors (Lipinski definition) is 3. The average Bonchev–Trinajstić information content (AvgIpc) is 2.35. The number of nitrogens with zero attached hydrogens (tertiary/aromatic N) is 4. The highest BCUT2D eigenvalue weighted by Crippen LogP contribution is 2.25. The normalized spacial score (nSPS) is 17.3. The molecule has 7 nitrogen and oxygen atoms in total. The highest BCUT2D eigenvalue weighted by molar-refractivity contribution is 6.22. The van der Waals surface area contributed by atoms with Crippen LogP contribution in [0.5, 0.6) is 0 Å². The molecule has 1 fully saturated rings. The van der Waals surface area contributed by atoms with Crippen molar-refractivity contribution in [2.75, 3.05) is 30.8 Å². The van der Waals surface area contributed by atoms with Crippen molar-refractivity contribution < 1.29 is 13.2 Å². The molecule has 0 saturated carbocycles. The van der Waals surface area contributed by atoms with E-state index < -0.39 is 6.30 Å². The number of nitrogen functional groups attached to an aromatic ring is 1. The van der Waals surface area contributed by atoms with Gasteiger partial charge in [-0.05, 0) is 14.0 Å². The summed E-state index contributed by atoms with van der Waals surface area (Å²) >= 11 is 0. The molecule has 1 aromatic rings. The molecule has 23 heavy (non-hydrogen) atoms. The Labute approximate surface area is 131 Å². The lowest BCUT2D eigenvalue weighted by Gasteiger charge is -2.40. The van der Waals surface area contributed by atoms with Gasteiger partial charge < -0.3 is 21.7 Å². The molecule has 1 saturated heterocycles. The lowest BCUT2D eigenvalue weighted by molar-refractivity contribution is -0.119. The largest absolute Gasteiger partial charge is 0.503 e. The summed E-state index contributed by atoms with van der Waals surface area (Å²) in [7, 11) is 1.86. The Bertz CT molecular complexity index is 633. The van der Waals surface area contributed by atoms with Crippen molar-refractivity contribution in [2.45, 2.75) is 19.3 Å². The maximum Gasteiger partial charge on any atom is 0.503 e. The number of likely N-dealkylation sites (N-methyl/N-ethyl adjacent to an activating group) is 1. The van der Waals surface area contributed by atoms with Crippen LogP contribution < -0.4 is 21.7 Å². The van der Waals surface area contributed by atoms with Crippen molar-refractivity contribution >= 4 is 23.1 Å². The number of aromatic nitrogens is 2. The minimum atomic E-state index is -4.68. The van der Waals surface area contributed by atoms with Gasteiger partial charge in [0.1, 0.15) is 5.82 Å². The summed E-state index contributed by atoms with van der Waals surface area (Å²) in [4.78, 5) is 12.7. The molecule has 5 N–H and O–H groups in total. The van der Waals surface area contributed by atoms with Crippen molar-refractivity contribution in [1.29, 1.82) is 0 Å². The smallest absolute Gasteiger partial charge is 0.404 e. The second kappa shape index (κ2) is 6.41. The molecule has 0 aromatic carbocycles. The fourth-order valence-electron chi connectivity index (χ4n) is 2.24. The fourth-order valence-corrected chi connectivity index (χ4v) is 2.24. The predicted octanol–water partition coefficient (Wildman–Crippen LogP) is 0.747. The summed E-state index contributed by atoms with van der Waals surface area (Å²) in [6, 6.07) is 1.89. The van der Waals surface area contributed by atoms with E-state index in [1.165, 1.54) is 6.92 Å². The van der Waals surface area contributed by atoms with E-state index in [0.717, 1.165) is 19.3 Å². The third-order valence-electron chi connectivity index (χ3n) is 3.47. The molecular weight excluding hydrogens is 311 g/mol. The van der Waals surface area contributed by atoms with Crippen molar-refractivity contribution in [3.05, 3.63) is 18.0 Å². The van der Waals surface area contributed by atoms with Gasteiger partial charge in [0.15, 0.2) is 0 Å². The van der Waals surface area contributed by atoms with Gasteiger partial charge in [0, 0.05) is 37.0 Å². The molecular formula is C13H18F3N7. The van der Waals surface area contributed by atoms with Crippen molar-refractivity contribution in [3.63, 3.8) is 0 Å². The lowest BCUT2D eigenvalue weighted by atomic mass is 10.1. The molecule has 0 aliphatic carbocycles. The maximum atomic E-state index is 12.4. The van der Waals surface area contributed by atoms with Crippen LogP contribution in [0.4, 0.5) is 24.9 Å². The molecule has 0 bridgehead atoms. The number of nitrogens with two attached hydrogens (primary N) is 2. The summed E-state index contributed by atoms with van der Waals surface area (Å²) < 4.78 is 37.3. The number of hydrogen-bond acceptors (Lipinski definition) is 7. The minimum Gasteiger partial charge on any atom is -0.404 e. The SMILES string of the molecule is CNC1CN(c2cc(C(=CN)C(C)=NC(F)(F)F)nc(N)n2)C1. The van der Waals surface area contributed by atoms with E-state index >= 15 is 0 Å². The van der Waals surface area contributed by atoms with Gasteiger partial charge in [-0.2, -0.15) is 9.98 Å². The van der Waals surface area contributed by atoms with Crippen LogP contribution in [0.3, 0.4) is 0 Å². The van der Waals surface area contributed by atoms with E-state index in [2.05, 4.69) is 20.3 Å². The topological polar surface area (TPSA) is 105 Å². The summed E-state index contributed by atoms with van der Waals surface area (Å²) in [5, 5.41) is 3.12. The Kier molecular flexibility index (Phi) is 4.73. The molecule has 10 heteroatoms. The van der Waals surface area contributed by atoms with Crippen LogP contribution in [0, 0.1) is 0 Å². The van der Waals surface area contributed by atoms with E-state index in [1.54, 1.807) is 6.07 Å². The van der Waals surface area contributed by atoms with E-state index in [0.29, 0.717) is 11.9 Å². The van der Waals surface area contributed by atoms with Crippen LogP contribution in [0.25, 0.3) is 5.57 Å². The lowest BCUT2D eigenvalue weighted by Crippen LogP contribution is -2.57. The molecule has 1 aliphatic heterocycles. The van der Waals surface area contributed by atoms with Crippen molar-refractivity contribution in [1.82, 2.24) is 15.3 Å². The van der Waals surface area contributed by atoms with Gasteiger partial charge in [0.25, 0.3) is 0 Å². The average molecular weight is 329 g/mol. The number of rotatable bonds is 4. The van der Waals surface area contributed by atoms with Crippen LogP contribution in [-0.4, -0.2) is 48.2 Å².